The Hall–Kier alpha value is -1.81. The van der Waals surface area contributed by atoms with Crippen LogP contribution >= 0.6 is 0 Å². The fourth-order valence-corrected chi connectivity index (χ4v) is 1.96. The molecule has 19 heavy (non-hydrogen) atoms. The lowest BCUT2D eigenvalue weighted by Crippen LogP contribution is -2.04. The van der Waals surface area contributed by atoms with E-state index >= 15 is 0 Å². The number of hydrogen-bond donors (Lipinski definition) is 1. The first-order chi connectivity index (χ1) is 8.89. The van der Waals surface area contributed by atoms with Gasteiger partial charge in [0.05, 0.1) is 11.7 Å². The van der Waals surface area contributed by atoms with Crippen molar-refractivity contribution in [3.63, 3.8) is 0 Å². The number of halogens is 3. The summed E-state index contributed by atoms with van der Waals surface area (Å²) in [5.41, 5.74) is 1.42. The van der Waals surface area contributed by atoms with Gasteiger partial charge in [0.1, 0.15) is 0 Å². The van der Waals surface area contributed by atoms with E-state index in [2.05, 4.69) is 0 Å². The van der Waals surface area contributed by atoms with E-state index in [1.807, 2.05) is 0 Å². The highest BCUT2D eigenvalue weighted by Crippen LogP contribution is 2.33. The smallest absolute Gasteiger partial charge is 0.389 e. The van der Waals surface area contributed by atoms with Gasteiger partial charge in [-0.15, -0.1) is 0 Å². The maximum atomic E-state index is 12.5. The second kappa shape index (κ2) is 5.05. The molecule has 0 spiro atoms. The van der Waals surface area contributed by atoms with Crippen molar-refractivity contribution in [2.45, 2.75) is 19.2 Å². The highest BCUT2D eigenvalue weighted by atomic mass is 19.4. The average molecular weight is 266 g/mol. The summed E-state index contributed by atoms with van der Waals surface area (Å²) in [5.74, 6) is 0. The number of aliphatic hydroxyl groups is 1. The molecule has 2 aromatic carbocycles. The molecular weight excluding hydrogens is 253 g/mol. The van der Waals surface area contributed by atoms with Crippen molar-refractivity contribution < 1.29 is 18.3 Å². The Morgan fingerprint density at radius 1 is 0.947 bits per heavy atom. The molecule has 1 atom stereocenters. The number of hydrogen-bond acceptors (Lipinski definition) is 1. The van der Waals surface area contributed by atoms with Gasteiger partial charge < -0.3 is 5.11 Å². The Morgan fingerprint density at radius 2 is 1.53 bits per heavy atom. The third kappa shape index (κ3) is 2.96. The molecule has 0 unspecified atom stereocenters. The molecule has 0 amide bonds. The molecule has 0 fully saturated rings. The predicted molar refractivity (Wildman–Crippen MR) is 67.5 cm³/mol. The fourth-order valence-electron chi connectivity index (χ4n) is 1.96. The zero-order valence-corrected chi connectivity index (χ0v) is 10.3. The van der Waals surface area contributed by atoms with E-state index in [4.69, 9.17) is 0 Å². The summed E-state index contributed by atoms with van der Waals surface area (Å²) in [6.45, 7) is 1.63. The van der Waals surface area contributed by atoms with Gasteiger partial charge in [-0.25, -0.2) is 0 Å². The van der Waals surface area contributed by atoms with Gasteiger partial charge in [0, 0.05) is 0 Å². The second-order valence-corrected chi connectivity index (χ2v) is 4.34. The zero-order valence-electron chi connectivity index (χ0n) is 10.3. The molecule has 0 aliphatic rings. The van der Waals surface area contributed by atoms with Crippen LogP contribution in [0, 0.1) is 0 Å². The van der Waals surface area contributed by atoms with E-state index in [0.29, 0.717) is 11.1 Å². The first-order valence-electron chi connectivity index (χ1n) is 5.84. The lowest BCUT2D eigenvalue weighted by atomic mass is 9.96. The summed E-state index contributed by atoms with van der Waals surface area (Å²) in [6.07, 6.45) is -5.00. The molecule has 0 saturated heterocycles. The van der Waals surface area contributed by atoms with E-state index in [9.17, 15) is 18.3 Å². The summed E-state index contributed by atoms with van der Waals surface area (Å²) < 4.78 is 37.5. The third-order valence-corrected chi connectivity index (χ3v) is 2.93. The lowest BCUT2D eigenvalue weighted by Gasteiger charge is -2.13. The summed E-state index contributed by atoms with van der Waals surface area (Å²) in [4.78, 5) is 0. The molecule has 1 nitrogen and oxygen atoms in total. The van der Waals surface area contributed by atoms with Crippen LogP contribution in [-0.2, 0) is 6.18 Å². The molecule has 0 saturated carbocycles. The van der Waals surface area contributed by atoms with E-state index in [1.165, 1.54) is 12.1 Å². The van der Waals surface area contributed by atoms with E-state index in [-0.39, 0.29) is 0 Å². The molecule has 0 bridgehead atoms. The maximum absolute atomic E-state index is 12.5. The van der Waals surface area contributed by atoms with Crippen LogP contribution in [0.15, 0.2) is 48.5 Å². The topological polar surface area (TPSA) is 20.2 Å². The van der Waals surface area contributed by atoms with Gasteiger partial charge in [-0.1, -0.05) is 36.4 Å². The number of rotatable bonds is 2. The van der Waals surface area contributed by atoms with Crippen molar-refractivity contribution in [2.75, 3.05) is 0 Å². The Morgan fingerprint density at radius 3 is 2.05 bits per heavy atom. The van der Waals surface area contributed by atoms with Crippen LogP contribution in [0.4, 0.5) is 13.2 Å². The Kier molecular flexibility index (Phi) is 3.62. The molecule has 4 heteroatoms. The molecule has 0 aliphatic heterocycles. The van der Waals surface area contributed by atoms with Crippen LogP contribution in [0.5, 0.6) is 0 Å². The normalized spacial score (nSPS) is 13.3. The highest BCUT2D eigenvalue weighted by Gasteiger charge is 2.30. The largest absolute Gasteiger partial charge is 0.416 e. The molecule has 1 N–H and O–H groups in total. The monoisotopic (exact) mass is 266 g/mol. The summed E-state index contributed by atoms with van der Waals surface area (Å²) in [6, 6.07) is 12.1. The van der Waals surface area contributed by atoms with Crippen LogP contribution in [0.3, 0.4) is 0 Å². The van der Waals surface area contributed by atoms with Gasteiger partial charge in [0.25, 0.3) is 0 Å². The van der Waals surface area contributed by atoms with E-state index < -0.39 is 17.8 Å². The van der Waals surface area contributed by atoms with Gasteiger partial charge >= 0.3 is 6.18 Å². The van der Waals surface area contributed by atoms with Crippen molar-refractivity contribution in [3.05, 3.63) is 59.7 Å². The minimum absolute atomic E-state index is 0.657. The van der Waals surface area contributed by atoms with E-state index in [1.54, 1.807) is 31.2 Å². The summed E-state index contributed by atoms with van der Waals surface area (Å²) in [5, 5.41) is 9.67. The fraction of sp³-hybridized carbons (Fsp3) is 0.200. The second-order valence-electron chi connectivity index (χ2n) is 4.34. The molecule has 2 rings (SSSR count). The first-order valence-corrected chi connectivity index (χ1v) is 5.84. The maximum Gasteiger partial charge on any atom is 0.416 e. The van der Waals surface area contributed by atoms with Gasteiger partial charge in [0.2, 0.25) is 0 Å². The quantitative estimate of drug-likeness (QED) is 0.852. The van der Waals surface area contributed by atoms with Gasteiger partial charge in [-0.2, -0.15) is 13.2 Å². The summed E-state index contributed by atoms with van der Waals surface area (Å²) >= 11 is 0. The van der Waals surface area contributed by atoms with Crippen molar-refractivity contribution >= 4 is 0 Å². The Balaban J connectivity index is 2.43. The molecule has 100 valence electrons. The highest BCUT2D eigenvalue weighted by molar-refractivity contribution is 5.68. The Labute approximate surface area is 109 Å². The van der Waals surface area contributed by atoms with E-state index in [0.717, 1.165) is 17.7 Å². The SMILES string of the molecule is C[C@H](O)c1ccccc1-c1ccc(C(F)(F)F)cc1. The minimum Gasteiger partial charge on any atom is -0.389 e. The van der Waals surface area contributed by atoms with Crippen LogP contribution in [0.25, 0.3) is 11.1 Å². The molecule has 0 heterocycles. The molecular formula is C15H13F3O. The number of aliphatic hydroxyl groups excluding tert-OH is 1. The Bertz CT molecular complexity index is 556. The van der Waals surface area contributed by atoms with Gasteiger partial charge in [0.15, 0.2) is 0 Å². The van der Waals surface area contributed by atoms with Crippen LogP contribution < -0.4 is 0 Å². The van der Waals surface area contributed by atoms with Crippen LogP contribution in [0.1, 0.15) is 24.2 Å². The summed E-state index contributed by atoms with van der Waals surface area (Å²) in [7, 11) is 0. The minimum atomic E-state index is -4.33. The lowest BCUT2D eigenvalue weighted by molar-refractivity contribution is -0.137. The molecule has 2 aromatic rings. The van der Waals surface area contributed by atoms with Gasteiger partial charge in [-0.3, -0.25) is 0 Å². The molecule has 0 radical (unpaired) electrons. The van der Waals surface area contributed by atoms with Crippen molar-refractivity contribution in [3.8, 4) is 11.1 Å². The number of benzene rings is 2. The molecule has 0 aliphatic carbocycles. The van der Waals surface area contributed by atoms with Crippen LogP contribution in [-0.4, -0.2) is 5.11 Å². The van der Waals surface area contributed by atoms with Crippen LogP contribution in [0.2, 0.25) is 0 Å². The zero-order chi connectivity index (χ0) is 14.0. The predicted octanol–water partition coefficient (Wildman–Crippen LogP) is 4.43. The third-order valence-electron chi connectivity index (χ3n) is 2.93. The number of alkyl halides is 3. The van der Waals surface area contributed by atoms with Crippen molar-refractivity contribution in [2.24, 2.45) is 0 Å². The standard InChI is InChI=1S/C15H13F3O/c1-10(19)13-4-2-3-5-14(13)11-6-8-12(9-7-11)15(16,17)18/h2-10,19H,1H3/t10-/m0/s1. The van der Waals surface area contributed by atoms with Gasteiger partial charge in [-0.05, 0) is 35.7 Å². The average Bonchev–Trinajstić information content (AvgIpc) is 2.38. The van der Waals surface area contributed by atoms with Crippen molar-refractivity contribution in [1.82, 2.24) is 0 Å². The van der Waals surface area contributed by atoms with Crippen molar-refractivity contribution in [1.29, 1.82) is 0 Å². The first kappa shape index (κ1) is 13.6. The molecule has 0 aromatic heterocycles.